The van der Waals surface area contributed by atoms with Crippen LogP contribution in [-0.2, 0) is 20.4 Å². The Morgan fingerprint density at radius 2 is 2.18 bits per heavy atom. The highest BCUT2D eigenvalue weighted by atomic mass is 35.7. The predicted molar refractivity (Wildman–Crippen MR) is 65.6 cm³/mol. The molecule has 0 spiro atoms. The fourth-order valence-corrected chi connectivity index (χ4v) is 2.46. The second-order valence-electron chi connectivity index (χ2n) is 3.73. The highest BCUT2D eigenvalue weighted by molar-refractivity contribution is 8.13. The summed E-state index contributed by atoms with van der Waals surface area (Å²) in [7, 11) is 1.59. The van der Waals surface area contributed by atoms with Gasteiger partial charge < -0.3 is 4.74 Å². The fourth-order valence-electron chi connectivity index (χ4n) is 1.46. The van der Waals surface area contributed by atoms with Gasteiger partial charge in [0.15, 0.2) is 0 Å². The van der Waals surface area contributed by atoms with Crippen LogP contribution in [0.2, 0.25) is 0 Å². The Hall–Kier alpha value is -0.590. The molecular formula is C10H17ClN2O3S. The lowest BCUT2D eigenvalue weighted by molar-refractivity contribution is 0.124. The van der Waals surface area contributed by atoms with Gasteiger partial charge in [-0.3, -0.25) is 4.68 Å². The normalized spacial score (nSPS) is 13.9. The van der Waals surface area contributed by atoms with E-state index in [1.807, 2.05) is 20.8 Å². The van der Waals surface area contributed by atoms with Gasteiger partial charge in [0, 0.05) is 23.3 Å². The maximum Gasteiger partial charge on any atom is 0.264 e. The molecule has 1 rings (SSSR count). The molecule has 1 aromatic heterocycles. The third kappa shape index (κ3) is 3.43. The average molecular weight is 281 g/mol. The first-order valence-electron chi connectivity index (χ1n) is 5.50. The molecule has 0 N–H and O–H groups in total. The molecule has 0 radical (unpaired) electrons. The molecule has 5 nitrogen and oxygen atoms in total. The second kappa shape index (κ2) is 5.84. The van der Waals surface area contributed by atoms with Crippen LogP contribution in [0.4, 0.5) is 0 Å². The maximum absolute atomic E-state index is 11.4. The predicted octanol–water partition coefficient (Wildman–Crippen LogP) is 2.32. The molecule has 0 fully saturated rings. The van der Waals surface area contributed by atoms with Gasteiger partial charge in [-0.05, 0) is 20.3 Å². The summed E-state index contributed by atoms with van der Waals surface area (Å²) in [5, 5.41) is 4.08. The summed E-state index contributed by atoms with van der Waals surface area (Å²) in [5.41, 5.74) is 0.510. The third-order valence-electron chi connectivity index (χ3n) is 2.57. The molecule has 0 saturated heterocycles. The molecule has 0 aliphatic heterocycles. The van der Waals surface area contributed by atoms with Crippen LogP contribution in [0, 0.1) is 0 Å². The van der Waals surface area contributed by atoms with E-state index in [0.29, 0.717) is 12.3 Å². The lowest BCUT2D eigenvalue weighted by atomic mass is 10.2. The summed E-state index contributed by atoms with van der Waals surface area (Å²) in [6.07, 6.45) is 2.13. The Bertz CT molecular complexity index is 470. The topological polar surface area (TPSA) is 61.2 Å². The van der Waals surface area contributed by atoms with Crippen molar-refractivity contribution in [3.8, 4) is 0 Å². The van der Waals surface area contributed by atoms with Crippen molar-refractivity contribution < 1.29 is 13.2 Å². The Labute approximate surface area is 106 Å². The van der Waals surface area contributed by atoms with Crippen molar-refractivity contribution in [3.63, 3.8) is 0 Å². The summed E-state index contributed by atoms with van der Waals surface area (Å²) in [6.45, 7) is 6.52. The van der Waals surface area contributed by atoms with E-state index in [0.717, 1.165) is 6.42 Å². The summed E-state index contributed by atoms with van der Waals surface area (Å²) in [6, 6.07) is 0.109. The Kier molecular flexibility index (Phi) is 4.97. The van der Waals surface area contributed by atoms with E-state index >= 15 is 0 Å². The highest BCUT2D eigenvalue weighted by Crippen LogP contribution is 2.24. The van der Waals surface area contributed by atoms with Crippen molar-refractivity contribution >= 4 is 19.7 Å². The molecule has 1 heterocycles. The molecule has 1 aromatic rings. The monoisotopic (exact) mass is 280 g/mol. The van der Waals surface area contributed by atoms with Gasteiger partial charge in [-0.25, -0.2) is 8.42 Å². The Balaban J connectivity index is 3.20. The minimum atomic E-state index is -3.78. The standard InChI is InChI=1S/C10H17ClN2O3S/c1-4-8(3)13-9(7-16-5-2)10(6-12-13)17(11,14)15/h6,8H,4-5,7H2,1-3H3. The van der Waals surface area contributed by atoms with E-state index in [-0.39, 0.29) is 17.5 Å². The molecular weight excluding hydrogens is 264 g/mol. The van der Waals surface area contributed by atoms with E-state index in [2.05, 4.69) is 5.10 Å². The molecule has 0 aliphatic carbocycles. The van der Waals surface area contributed by atoms with Crippen molar-refractivity contribution in [2.45, 2.75) is 44.7 Å². The van der Waals surface area contributed by atoms with Crippen LogP contribution < -0.4 is 0 Å². The zero-order chi connectivity index (χ0) is 13.1. The van der Waals surface area contributed by atoms with Crippen LogP contribution in [0.1, 0.15) is 38.9 Å². The van der Waals surface area contributed by atoms with Crippen LogP contribution in [0.25, 0.3) is 0 Å². The van der Waals surface area contributed by atoms with Gasteiger partial charge >= 0.3 is 0 Å². The maximum atomic E-state index is 11.4. The largest absolute Gasteiger partial charge is 0.375 e. The van der Waals surface area contributed by atoms with Crippen LogP contribution >= 0.6 is 10.7 Å². The smallest absolute Gasteiger partial charge is 0.264 e. The Morgan fingerprint density at radius 1 is 1.53 bits per heavy atom. The van der Waals surface area contributed by atoms with Crippen molar-refractivity contribution in [3.05, 3.63) is 11.9 Å². The summed E-state index contributed by atoms with van der Waals surface area (Å²) < 4.78 is 29.7. The molecule has 17 heavy (non-hydrogen) atoms. The first-order valence-corrected chi connectivity index (χ1v) is 7.81. The number of halogens is 1. The molecule has 7 heteroatoms. The van der Waals surface area contributed by atoms with Crippen molar-refractivity contribution in [2.24, 2.45) is 0 Å². The number of rotatable bonds is 6. The molecule has 0 bridgehead atoms. The summed E-state index contributed by atoms with van der Waals surface area (Å²) in [5.74, 6) is 0. The lowest BCUT2D eigenvalue weighted by Gasteiger charge is -2.14. The first kappa shape index (κ1) is 14.5. The van der Waals surface area contributed by atoms with Crippen molar-refractivity contribution in [1.29, 1.82) is 0 Å². The first-order chi connectivity index (χ1) is 7.91. The van der Waals surface area contributed by atoms with E-state index < -0.39 is 9.05 Å². The molecule has 0 aliphatic rings. The number of hydrogen-bond donors (Lipinski definition) is 0. The zero-order valence-electron chi connectivity index (χ0n) is 10.2. The SMILES string of the molecule is CCOCc1c(S(=O)(=O)Cl)cnn1C(C)CC. The van der Waals surface area contributed by atoms with Gasteiger partial charge in [0.1, 0.15) is 4.90 Å². The summed E-state index contributed by atoms with van der Waals surface area (Å²) in [4.78, 5) is 0.0351. The van der Waals surface area contributed by atoms with Crippen molar-refractivity contribution in [2.75, 3.05) is 6.61 Å². The second-order valence-corrected chi connectivity index (χ2v) is 6.27. The van der Waals surface area contributed by atoms with Crippen molar-refractivity contribution in [1.82, 2.24) is 9.78 Å². The quantitative estimate of drug-likeness (QED) is 0.750. The van der Waals surface area contributed by atoms with Crippen LogP contribution in [0.5, 0.6) is 0 Å². The van der Waals surface area contributed by atoms with Gasteiger partial charge in [-0.15, -0.1) is 0 Å². The molecule has 98 valence electrons. The van der Waals surface area contributed by atoms with Gasteiger partial charge in [-0.2, -0.15) is 5.10 Å². The summed E-state index contributed by atoms with van der Waals surface area (Å²) >= 11 is 0. The van der Waals surface area contributed by atoms with Gasteiger partial charge in [-0.1, -0.05) is 6.92 Å². The van der Waals surface area contributed by atoms with Crippen LogP contribution in [0.15, 0.2) is 11.1 Å². The molecule has 1 atom stereocenters. The molecule has 1 unspecified atom stereocenters. The molecule has 0 amide bonds. The molecule has 0 saturated carbocycles. The van der Waals surface area contributed by atoms with E-state index in [9.17, 15) is 8.42 Å². The Morgan fingerprint density at radius 3 is 2.65 bits per heavy atom. The number of aromatic nitrogens is 2. The number of nitrogens with zero attached hydrogens (tertiary/aromatic N) is 2. The minimum absolute atomic E-state index is 0.0351. The average Bonchev–Trinajstić information content (AvgIpc) is 2.68. The number of hydrogen-bond acceptors (Lipinski definition) is 4. The van der Waals surface area contributed by atoms with Gasteiger partial charge in [0.2, 0.25) is 0 Å². The van der Waals surface area contributed by atoms with E-state index in [1.165, 1.54) is 6.20 Å². The van der Waals surface area contributed by atoms with Gasteiger partial charge in [0.05, 0.1) is 18.5 Å². The zero-order valence-corrected chi connectivity index (χ0v) is 11.8. The minimum Gasteiger partial charge on any atom is -0.375 e. The van der Waals surface area contributed by atoms with Crippen LogP contribution in [-0.4, -0.2) is 24.8 Å². The number of ether oxygens (including phenoxy) is 1. The van der Waals surface area contributed by atoms with E-state index in [4.69, 9.17) is 15.4 Å². The fraction of sp³-hybridized carbons (Fsp3) is 0.700. The van der Waals surface area contributed by atoms with Crippen LogP contribution in [0.3, 0.4) is 0 Å². The highest BCUT2D eigenvalue weighted by Gasteiger charge is 2.22. The van der Waals surface area contributed by atoms with Gasteiger partial charge in [0.25, 0.3) is 9.05 Å². The third-order valence-corrected chi connectivity index (χ3v) is 3.94. The molecule has 0 aromatic carbocycles. The van der Waals surface area contributed by atoms with E-state index in [1.54, 1.807) is 4.68 Å². The lowest BCUT2D eigenvalue weighted by Crippen LogP contribution is -2.12.